The van der Waals surface area contributed by atoms with Crippen molar-refractivity contribution < 1.29 is 4.79 Å². The Labute approximate surface area is 115 Å². The molecule has 1 aliphatic heterocycles. The highest BCUT2D eigenvalue weighted by Gasteiger charge is 2.39. The van der Waals surface area contributed by atoms with Crippen molar-refractivity contribution in [2.45, 2.75) is 39.7 Å². The van der Waals surface area contributed by atoms with Crippen LogP contribution in [0.3, 0.4) is 0 Å². The Morgan fingerprint density at radius 1 is 1.26 bits per heavy atom. The van der Waals surface area contributed by atoms with E-state index in [0.29, 0.717) is 6.54 Å². The Morgan fingerprint density at radius 2 is 1.95 bits per heavy atom. The molecule has 19 heavy (non-hydrogen) atoms. The van der Waals surface area contributed by atoms with Crippen LogP contribution in [0.15, 0.2) is 24.3 Å². The molecule has 1 unspecified atom stereocenters. The standard InChI is InChI=1S/C16H24N2O/c1-3-13-5-7-14(8-6-13)11-18-15(19)16(4-2)9-10-17-12-16/h5-8,17H,3-4,9-12H2,1-2H3,(H,18,19). The van der Waals surface area contributed by atoms with Crippen molar-refractivity contribution in [1.29, 1.82) is 0 Å². The molecule has 0 aliphatic carbocycles. The molecule has 1 heterocycles. The molecule has 104 valence electrons. The van der Waals surface area contributed by atoms with Gasteiger partial charge in [-0.2, -0.15) is 0 Å². The summed E-state index contributed by atoms with van der Waals surface area (Å²) in [6.07, 6.45) is 2.90. The molecule has 0 saturated carbocycles. The lowest BCUT2D eigenvalue weighted by molar-refractivity contribution is -0.130. The maximum atomic E-state index is 12.3. The van der Waals surface area contributed by atoms with Gasteiger partial charge in [-0.05, 0) is 36.9 Å². The number of aryl methyl sites for hydroxylation is 1. The fourth-order valence-corrected chi connectivity index (χ4v) is 2.66. The average molecular weight is 260 g/mol. The van der Waals surface area contributed by atoms with Gasteiger partial charge in [-0.1, -0.05) is 38.1 Å². The zero-order valence-corrected chi connectivity index (χ0v) is 12.0. The molecule has 2 rings (SSSR count). The van der Waals surface area contributed by atoms with E-state index in [9.17, 15) is 4.79 Å². The quantitative estimate of drug-likeness (QED) is 0.852. The SMILES string of the molecule is CCc1ccc(CNC(=O)C2(CC)CCNC2)cc1. The summed E-state index contributed by atoms with van der Waals surface area (Å²) < 4.78 is 0. The Hall–Kier alpha value is -1.35. The molecular weight excluding hydrogens is 236 g/mol. The van der Waals surface area contributed by atoms with E-state index in [-0.39, 0.29) is 11.3 Å². The van der Waals surface area contributed by atoms with E-state index >= 15 is 0 Å². The van der Waals surface area contributed by atoms with Gasteiger partial charge in [-0.3, -0.25) is 4.79 Å². The number of amides is 1. The van der Waals surface area contributed by atoms with E-state index in [4.69, 9.17) is 0 Å². The van der Waals surface area contributed by atoms with E-state index < -0.39 is 0 Å². The van der Waals surface area contributed by atoms with Gasteiger partial charge in [0.25, 0.3) is 0 Å². The Bertz CT molecular complexity index is 419. The Balaban J connectivity index is 1.92. The van der Waals surface area contributed by atoms with Gasteiger partial charge in [0, 0.05) is 13.1 Å². The van der Waals surface area contributed by atoms with Crippen LogP contribution in [0.5, 0.6) is 0 Å². The van der Waals surface area contributed by atoms with Crippen LogP contribution >= 0.6 is 0 Å². The second-order valence-electron chi connectivity index (χ2n) is 5.41. The summed E-state index contributed by atoms with van der Waals surface area (Å²) in [6.45, 7) is 6.64. The molecule has 1 amide bonds. The van der Waals surface area contributed by atoms with Gasteiger partial charge in [-0.25, -0.2) is 0 Å². The van der Waals surface area contributed by atoms with Crippen LogP contribution in [0.2, 0.25) is 0 Å². The van der Waals surface area contributed by atoms with Crippen LogP contribution in [-0.4, -0.2) is 19.0 Å². The van der Waals surface area contributed by atoms with Crippen LogP contribution in [-0.2, 0) is 17.8 Å². The third kappa shape index (κ3) is 3.16. The average Bonchev–Trinajstić information content (AvgIpc) is 2.95. The summed E-state index contributed by atoms with van der Waals surface area (Å²) in [5, 5.41) is 6.39. The highest BCUT2D eigenvalue weighted by molar-refractivity contribution is 5.83. The summed E-state index contributed by atoms with van der Waals surface area (Å²) in [5.41, 5.74) is 2.31. The first-order chi connectivity index (χ1) is 9.20. The van der Waals surface area contributed by atoms with E-state index in [1.807, 2.05) is 0 Å². The molecule has 0 spiro atoms. The van der Waals surface area contributed by atoms with Crippen molar-refractivity contribution in [3.63, 3.8) is 0 Å². The highest BCUT2D eigenvalue weighted by Crippen LogP contribution is 2.29. The molecule has 1 aromatic rings. The largest absolute Gasteiger partial charge is 0.352 e. The van der Waals surface area contributed by atoms with Crippen molar-refractivity contribution in [2.75, 3.05) is 13.1 Å². The van der Waals surface area contributed by atoms with Crippen molar-refractivity contribution >= 4 is 5.91 Å². The first-order valence-electron chi connectivity index (χ1n) is 7.27. The molecule has 2 N–H and O–H groups in total. The summed E-state index contributed by atoms with van der Waals surface area (Å²) in [7, 11) is 0. The minimum absolute atomic E-state index is 0.191. The molecule has 1 aromatic carbocycles. The van der Waals surface area contributed by atoms with Gasteiger partial charge >= 0.3 is 0 Å². The number of hydrogen-bond acceptors (Lipinski definition) is 2. The van der Waals surface area contributed by atoms with Crippen molar-refractivity contribution in [1.82, 2.24) is 10.6 Å². The predicted octanol–water partition coefficient (Wildman–Crippen LogP) is 2.25. The van der Waals surface area contributed by atoms with Gasteiger partial charge in [0.15, 0.2) is 0 Å². The molecule has 1 aliphatic rings. The predicted molar refractivity (Wildman–Crippen MR) is 77.9 cm³/mol. The third-order valence-corrected chi connectivity index (χ3v) is 4.29. The molecule has 0 aromatic heterocycles. The number of carbonyl (C=O) groups is 1. The molecule has 3 heteroatoms. The van der Waals surface area contributed by atoms with Crippen LogP contribution in [0, 0.1) is 5.41 Å². The lowest BCUT2D eigenvalue weighted by Gasteiger charge is -2.25. The molecular formula is C16H24N2O. The molecule has 1 fully saturated rings. The number of hydrogen-bond donors (Lipinski definition) is 2. The van der Waals surface area contributed by atoms with Gasteiger partial charge in [0.2, 0.25) is 5.91 Å². The topological polar surface area (TPSA) is 41.1 Å². The molecule has 3 nitrogen and oxygen atoms in total. The van der Waals surface area contributed by atoms with E-state index in [1.54, 1.807) is 0 Å². The van der Waals surface area contributed by atoms with Gasteiger partial charge in [0.05, 0.1) is 5.41 Å². The number of rotatable bonds is 5. The van der Waals surface area contributed by atoms with Crippen molar-refractivity contribution in [3.8, 4) is 0 Å². The lowest BCUT2D eigenvalue weighted by atomic mass is 9.83. The number of nitrogens with one attached hydrogen (secondary N) is 2. The third-order valence-electron chi connectivity index (χ3n) is 4.29. The van der Waals surface area contributed by atoms with E-state index in [1.165, 1.54) is 11.1 Å². The fourth-order valence-electron chi connectivity index (χ4n) is 2.66. The lowest BCUT2D eigenvalue weighted by Crippen LogP contribution is -2.41. The first-order valence-corrected chi connectivity index (χ1v) is 7.27. The van der Waals surface area contributed by atoms with E-state index in [2.05, 4.69) is 48.7 Å². The molecule has 0 bridgehead atoms. The van der Waals surface area contributed by atoms with Gasteiger partial charge in [0.1, 0.15) is 0 Å². The zero-order valence-electron chi connectivity index (χ0n) is 12.0. The van der Waals surface area contributed by atoms with Gasteiger partial charge in [-0.15, -0.1) is 0 Å². The second-order valence-corrected chi connectivity index (χ2v) is 5.41. The molecule has 0 radical (unpaired) electrons. The maximum absolute atomic E-state index is 12.3. The summed E-state index contributed by atoms with van der Waals surface area (Å²) in [6, 6.07) is 8.47. The molecule has 1 atom stereocenters. The van der Waals surface area contributed by atoms with Crippen LogP contribution in [0.1, 0.15) is 37.8 Å². The zero-order chi connectivity index (χ0) is 13.7. The summed E-state index contributed by atoms with van der Waals surface area (Å²) in [5.74, 6) is 0.194. The summed E-state index contributed by atoms with van der Waals surface area (Å²) >= 11 is 0. The first kappa shape index (κ1) is 14.1. The van der Waals surface area contributed by atoms with E-state index in [0.717, 1.165) is 32.4 Å². The van der Waals surface area contributed by atoms with Crippen molar-refractivity contribution in [3.05, 3.63) is 35.4 Å². The van der Waals surface area contributed by atoms with Crippen molar-refractivity contribution in [2.24, 2.45) is 5.41 Å². The summed E-state index contributed by atoms with van der Waals surface area (Å²) in [4.78, 5) is 12.3. The fraction of sp³-hybridized carbons (Fsp3) is 0.562. The number of benzene rings is 1. The minimum Gasteiger partial charge on any atom is -0.352 e. The van der Waals surface area contributed by atoms with Crippen LogP contribution in [0.25, 0.3) is 0 Å². The maximum Gasteiger partial charge on any atom is 0.227 e. The van der Waals surface area contributed by atoms with Crippen LogP contribution < -0.4 is 10.6 Å². The Morgan fingerprint density at radius 3 is 2.47 bits per heavy atom. The minimum atomic E-state index is -0.191. The smallest absolute Gasteiger partial charge is 0.227 e. The highest BCUT2D eigenvalue weighted by atomic mass is 16.2. The second kappa shape index (κ2) is 6.20. The molecule has 1 saturated heterocycles. The number of carbonyl (C=O) groups excluding carboxylic acids is 1. The van der Waals surface area contributed by atoms with Gasteiger partial charge < -0.3 is 10.6 Å². The monoisotopic (exact) mass is 260 g/mol. The van der Waals surface area contributed by atoms with Crippen LogP contribution in [0.4, 0.5) is 0 Å². The normalized spacial score (nSPS) is 22.4. The Kier molecular flexibility index (Phi) is 4.59.